The molecule has 0 bridgehead atoms. The Kier molecular flexibility index (Phi) is 2.94. The van der Waals surface area contributed by atoms with E-state index in [1.165, 1.54) is 11.4 Å². The fourth-order valence-corrected chi connectivity index (χ4v) is 2.89. The molecular formula is C15H23NO. The molecule has 0 saturated heterocycles. The minimum absolute atomic E-state index is 0.185. The summed E-state index contributed by atoms with van der Waals surface area (Å²) in [6.45, 7) is 13.5. The first-order valence-electron chi connectivity index (χ1n) is 6.31. The molecule has 1 aliphatic rings. The Morgan fingerprint density at radius 3 is 2.82 bits per heavy atom. The van der Waals surface area contributed by atoms with Gasteiger partial charge in [-0.1, -0.05) is 26.0 Å². The molecule has 0 fully saturated rings. The van der Waals surface area contributed by atoms with Gasteiger partial charge in [0.15, 0.2) is 0 Å². The molecule has 2 rings (SSSR count). The smallest absolute Gasteiger partial charge is 0.0812 e. The van der Waals surface area contributed by atoms with E-state index in [-0.39, 0.29) is 11.5 Å². The standard InChI is InChI=1S/C15H23NO/c1-10(2)9-16-11(3)6-12-13(16)7-15(4,5)8-14(12)17/h6,14,17H,1,7-9H2,2-5H3. The van der Waals surface area contributed by atoms with Crippen molar-refractivity contribution in [3.05, 3.63) is 35.2 Å². The summed E-state index contributed by atoms with van der Waals surface area (Å²) in [4.78, 5) is 0. The van der Waals surface area contributed by atoms with Gasteiger partial charge in [-0.15, -0.1) is 0 Å². The average Bonchev–Trinajstić information content (AvgIpc) is 2.43. The third kappa shape index (κ3) is 2.32. The fraction of sp³-hybridized carbons (Fsp3) is 0.600. The third-order valence-corrected chi connectivity index (χ3v) is 3.63. The van der Waals surface area contributed by atoms with Gasteiger partial charge in [-0.25, -0.2) is 0 Å². The topological polar surface area (TPSA) is 25.2 Å². The van der Waals surface area contributed by atoms with E-state index in [1.807, 2.05) is 0 Å². The minimum Gasteiger partial charge on any atom is -0.388 e. The first-order chi connectivity index (χ1) is 7.80. The van der Waals surface area contributed by atoms with Crippen molar-refractivity contribution < 1.29 is 5.11 Å². The molecule has 0 saturated carbocycles. The lowest BCUT2D eigenvalue weighted by Gasteiger charge is -2.34. The molecule has 1 atom stereocenters. The minimum atomic E-state index is -0.307. The van der Waals surface area contributed by atoms with E-state index in [0.717, 1.165) is 30.5 Å². The van der Waals surface area contributed by atoms with Crippen molar-refractivity contribution in [2.75, 3.05) is 0 Å². The van der Waals surface area contributed by atoms with Gasteiger partial charge in [0.25, 0.3) is 0 Å². The number of aryl methyl sites for hydroxylation is 1. The highest BCUT2D eigenvalue weighted by molar-refractivity contribution is 5.33. The second-order valence-electron chi connectivity index (χ2n) is 6.29. The van der Waals surface area contributed by atoms with Crippen LogP contribution in [-0.4, -0.2) is 9.67 Å². The van der Waals surface area contributed by atoms with Crippen LogP contribution in [0, 0.1) is 12.3 Å². The van der Waals surface area contributed by atoms with E-state index in [4.69, 9.17) is 0 Å². The van der Waals surface area contributed by atoms with Gasteiger partial charge in [0.1, 0.15) is 0 Å². The van der Waals surface area contributed by atoms with E-state index >= 15 is 0 Å². The van der Waals surface area contributed by atoms with E-state index < -0.39 is 0 Å². The second-order valence-corrected chi connectivity index (χ2v) is 6.29. The molecule has 1 unspecified atom stereocenters. The summed E-state index contributed by atoms with van der Waals surface area (Å²) in [5, 5.41) is 10.2. The van der Waals surface area contributed by atoms with Crippen LogP contribution in [0.15, 0.2) is 18.2 Å². The molecule has 2 heteroatoms. The molecule has 1 aliphatic carbocycles. The zero-order chi connectivity index (χ0) is 12.8. The Labute approximate surface area is 104 Å². The molecule has 1 aromatic rings. The summed E-state index contributed by atoms with van der Waals surface area (Å²) in [5.41, 5.74) is 5.00. The van der Waals surface area contributed by atoms with Crippen LogP contribution >= 0.6 is 0 Å². The number of nitrogens with zero attached hydrogens (tertiary/aromatic N) is 1. The van der Waals surface area contributed by atoms with Crippen molar-refractivity contribution in [3.8, 4) is 0 Å². The second kappa shape index (κ2) is 4.02. The molecule has 0 aromatic carbocycles. The predicted octanol–water partition coefficient (Wildman–Crippen LogP) is 3.38. The van der Waals surface area contributed by atoms with Crippen molar-refractivity contribution in [1.82, 2.24) is 4.57 Å². The molecule has 0 aliphatic heterocycles. The van der Waals surface area contributed by atoms with Crippen LogP contribution in [-0.2, 0) is 13.0 Å². The quantitative estimate of drug-likeness (QED) is 0.778. The highest BCUT2D eigenvalue weighted by Gasteiger charge is 2.33. The normalized spacial score (nSPS) is 22.3. The number of allylic oxidation sites excluding steroid dienone is 1. The highest BCUT2D eigenvalue weighted by Crippen LogP contribution is 2.42. The highest BCUT2D eigenvalue weighted by atomic mass is 16.3. The van der Waals surface area contributed by atoms with Crippen molar-refractivity contribution in [2.24, 2.45) is 5.41 Å². The Morgan fingerprint density at radius 2 is 2.24 bits per heavy atom. The lowest BCUT2D eigenvalue weighted by atomic mass is 9.75. The van der Waals surface area contributed by atoms with Gasteiger partial charge in [0.2, 0.25) is 0 Å². The molecule has 0 radical (unpaired) electrons. The number of hydrogen-bond donors (Lipinski definition) is 1. The van der Waals surface area contributed by atoms with Crippen LogP contribution in [0.2, 0.25) is 0 Å². The van der Waals surface area contributed by atoms with Crippen molar-refractivity contribution in [1.29, 1.82) is 0 Å². The summed E-state index contributed by atoms with van der Waals surface area (Å²) in [7, 11) is 0. The number of aliphatic hydroxyl groups excluding tert-OH is 1. The van der Waals surface area contributed by atoms with E-state index in [0.29, 0.717) is 0 Å². The Hall–Kier alpha value is -1.02. The van der Waals surface area contributed by atoms with Gasteiger partial charge in [-0.3, -0.25) is 0 Å². The average molecular weight is 233 g/mol. The molecule has 1 heterocycles. The number of aliphatic hydroxyl groups is 1. The molecular weight excluding hydrogens is 210 g/mol. The molecule has 17 heavy (non-hydrogen) atoms. The van der Waals surface area contributed by atoms with Gasteiger partial charge in [0.05, 0.1) is 6.10 Å². The zero-order valence-corrected chi connectivity index (χ0v) is 11.4. The first kappa shape index (κ1) is 12.4. The summed E-state index contributed by atoms with van der Waals surface area (Å²) >= 11 is 0. The van der Waals surface area contributed by atoms with Crippen molar-refractivity contribution in [3.63, 3.8) is 0 Å². The Balaban J connectivity index is 2.47. The van der Waals surface area contributed by atoms with Crippen LogP contribution in [0.5, 0.6) is 0 Å². The predicted molar refractivity (Wildman–Crippen MR) is 71.0 cm³/mol. The zero-order valence-electron chi connectivity index (χ0n) is 11.4. The van der Waals surface area contributed by atoms with E-state index in [9.17, 15) is 5.11 Å². The maximum atomic E-state index is 10.2. The summed E-state index contributed by atoms with van der Waals surface area (Å²) in [5.74, 6) is 0. The Morgan fingerprint density at radius 1 is 1.59 bits per heavy atom. The summed E-state index contributed by atoms with van der Waals surface area (Å²) in [6.07, 6.45) is 1.59. The van der Waals surface area contributed by atoms with Gasteiger partial charge in [-0.2, -0.15) is 0 Å². The molecule has 0 spiro atoms. The van der Waals surface area contributed by atoms with Crippen LogP contribution in [0.1, 0.15) is 50.2 Å². The maximum absolute atomic E-state index is 10.2. The van der Waals surface area contributed by atoms with E-state index in [2.05, 4.69) is 44.9 Å². The van der Waals surface area contributed by atoms with Gasteiger partial charge in [-0.05, 0) is 38.2 Å². The molecule has 2 nitrogen and oxygen atoms in total. The van der Waals surface area contributed by atoms with Crippen LogP contribution in [0.25, 0.3) is 0 Å². The van der Waals surface area contributed by atoms with Crippen LogP contribution in [0.3, 0.4) is 0 Å². The first-order valence-corrected chi connectivity index (χ1v) is 6.31. The maximum Gasteiger partial charge on any atom is 0.0812 e. The fourth-order valence-electron chi connectivity index (χ4n) is 2.89. The third-order valence-electron chi connectivity index (χ3n) is 3.63. The monoisotopic (exact) mass is 233 g/mol. The lowest BCUT2D eigenvalue weighted by molar-refractivity contribution is 0.0981. The van der Waals surface area contributed by atoms with Gasteiger partial charge < -0.3 is 9.67 Å². The molecule has 1 N–H and O–H groups in total. The van der Waals surface area contributed by atoms with Crippen LogP contribution in [0.4, 0.5) is 0 Å². The summed E-state index contributed by atoms with van der Waals surface area (Å²) < 4.78 is 2.31. The van der Waals surface area contributed by atoms with Crippen molar-refractivity contribution in [2.45, 2.75) is 53.2 Å². The lowest BCUT2D eigenvalue weighted by Crippen LogP contribution is -2.27. The number of aromatic nitrogens is 1. The van der Waals surface area contributed by atoms with E-state index in [1.54, 1.807) is 0 Å². The van der Waals surface area contributed by atoms with Crippen LogP contribution < -0.4 is 0 Å². The molecule has 94 valence electrons. The number of hydrogen-bond acceptors (Lipinski definition) is 1. The van der Waals surface area contributed by atoms with Gasteiger partial charge in [0, 0.05) is 23.5 Å². The van der Waals surface area contributed by atoms with Gasteiger partial charge >= 0.3 is 0 Å². The number of rotatable bonds is 2. The van der Waals surface area contributed by atoms with Crippen molar-refractivity contribution >= 4 is 0 Å². The number of fused-ring (bicyclic) bond motifs is 1. The molecule has 0 amide bonds. The SMILES string of the molecule is C=C(C)Cn1c(C)cc2c1CC(C)(C)CC2O. The Bertz CT molecular complexity index is 454. The molecule has 1 aromatic heterocycles. The summed E-state index contributed by atoms with van der Waals surface area (Å²) in [6, 6.07) is 2.14. The largest absolute Gasteiger partial charge is 0.388 e.